The molecular formula is C25H33NO5. The molecule has 1 fully saturated rings. The van der Waals surface area contributed by atoms with Gasteiger partial charge in [0.05, 0.1) is 20.8 Å². The highest BCUT2D eigenvalue weighted by Gasteiger charge is 2.27. The minimum atomic E-state index is 0.0247. The van der Waals surface area contributed by atoms with Gasteiger partial charge in [0.2, 0.25) is 0 Å². The van der Waals surface area contributed by atoms with Crippen LogP contribution in [-0.2, 0) is 11.2 Å². The van der Waals surface area contributed by atoms with Crippen molar-refractivity contribution in [2.45, 2.75) is 45.1 Å². The lowest BCUT2D eigenvalue weighted by Crippen LogP contribution is -2.46. The summed E-state index contributed by atoms with van der Waals surface area (Å²) in [4.78, 5) is 15.0. The number of para-hydroxylation sites is 2. The summed E-state index contributed by atoms with van der Waals surface area (Å²) < 4.78 is 22.1. The van der Waals surface area contributed by atoms with E-state index in [2.05, 4.69) is 6.07 Å². The predicted molar refractivity (Wildman–Crippen MR) is 120 cm³/mol. The molecule has 1 aliphatic heterocycles. The molecule has 1 unspecified atom stereocenters. The average Bonchev–Trinajstić information content (AvgIpc) is 2.82. The summed E-state index contributed by atoms with van der Waals surface area (Å²) in [5, 5.41) is 0. The Hall–Kier alpha value is -2.89. The number of benzene rings is 2. The van der Waals surface area contributed by atoms with Crippen LogP contribution in [0.15, 0.2) is 42.5 Å². The van der Waals surface area contributed by atoms with Gasteiger partial charge in [0.25, 0.3) is 5.91 Å². The summed E-state index contributed by atoms with van der Waals surface area (Å²) in [6.45, 7) is 3.29. The van der Waals surface area contributed by atoms with Crippen LogP contribution in [0.2, 0.25) is 0 Å². The molecule has 0 aromatic heterocycles. The molecule has 0 bridgehead atoms. The summed E-state index contributed by atoms with van der Waals surface area (Å²) in [6.07, 6.45) is 5.00. The topological polar surface area (TPSA) is 57.2 Å². The second-order valence-corrected chi connectivity index (χ2v) is 7.63. The van der Waals surface area contributed by atoms with Crippen LogP contribution in [0.5, 0.6) is 23.0 Å². The Morgan fingerprint density at radius 2 is 1.71 bits per heavy atom. The third kappa shape index (κ3) is 6.06. The van der Waals surface area contributed by atoms with Crippen molar-refractivity contribution in [2.75, 3.05) is 34.0 Å². The zero-order valence-corrected chi connectivity index (χ0v) is 18.8. The molecule has 0 aliphatic carbocycles. The normalized spacial score (nSPS) is 16.0. The van der Waals surface area contributed by atoms with Crippen LogP contribution in [0.1, 0.15) is 38.2 Å². The first-order chi connectivity index (χ1) is 15.2. The van der Waals surface area contributed by atoms with Gasteiger partial charge < -0.3 is 23.8 Å². The van der Waals surface area contributed by atoms with Crippen molar-refractivity contribution in [2.24, 2.45) is 0 Å². The lowest BCUT2D eigenvalue weighted by molar-refractivity contribution is -0.137. The van der Waals surface area contributed by atoms with Crippen molar-refractivity contribution in [3.8, 4) is 23.0 Å². The number of hydrogen-bond donors (Lipinski definition) is 0. The maximum atomic E-state index is 13.0. The average molecular weight is 428 g/mol. The number of amides is 1. The van der Waals surface area contributed by atoms with Crippen molar-refractivity contribution >= 4 is 5.91 Å². The second-order valence-electron chi connectivity index (χ2n) is 7.63. The van der Waals surface area contributed by atoms with Crippen molar-refractivity contribution < 1.29 is 23.7 Å². The molecule has 2 aromatic carbocycles. The smallest absolute Gasteiger partial charge is 0.260 e. The lowest BCUT2D eigenvalue weighted by Gasteiger charge is -2.36. The van der Waals surface area contributed by atoms with Gasteiger partial charge in [-0.1, -0.05) is 18.2 Å². The molecule has 1 heterocycles. The van der Waals surface area contributed by atoms with Crippen LogP contribution in [0, 0.1) is 0 Å². The Balaban J connectivity index is 1.59. The standard InChI is InChI=1S/C25H33NO5/c1-4-30-22-10-5-6-11-23(22)31-18-25(27)26-16-8-7-9-20(26)14-12-19-13-15-21(28-2)24(17-19)29-3/h5-6,10-11,13,15,17,20H,4,7-9,12,14,16,18H2,1-3H3. The van der Waals surface area contributed by atoms with E-state index >= 15 is 0 Å². The number of nitrogens with zero attached hydrogens (tertiary/aromatic N) is 1. The number of piperidine rings is 1. The number of aryl methyl sites for hydroxylation is 1. The number of carbonyl (C=O) groups excluding carboxylic acids is 1. The van der Waals surface area contributed by atoms with Crippen LogP contribution < -0.4 is 18.9 Å². The molecule has 0 spiro atoms. The Bertz CT molecular complexity index is 854. The van der Waals surface area contributed by atoms with Crippen LogP contribution in [0.25, 0.3) is 0 Å². The van der Waals surface area contributed by atoms with Gasteiger partial charge in [-0.05, 0) is 68.9 Å². The van der Waals surface area contributed by atoms with Crippen LogP contribution in [0.4, 0.5) is 0 Å². The molecule has 3 rings (SSSR count). The third-order valence-corrected chi connectivity index (χ3v) is 5.66. The molecule has 6 nitrogen and oxygen atoms in total. The van der Waals surface area contributed by atoms with Crippen molar-refractivity contribution in [1.29, 1.82) is 0 Å². The molecule has 0 radical (unpaired) electrons. The molecule has 1 amide bonds. The Labute approximate surface area is 185 Å². The highest BCUT2D eigenvalue weighted by atomic mass is 16.5. The van der Waals surface area contributed by atoms with Crippen molar-refractivity contribution in [3.63, 3.8) is 0 Å². The van der Waals surface area contributed by atoms with Gasteiger partial charge in [0, 0.05) is 12.6 Å². The molecule has 168 valence electrons. The summed E-state index contributed by atoms with van der Waals surface area (Å²) >= 11 is 0. The van der Waals surface area contributed by atoms with E-state index in [4.69, 9.17) is 18.9 Å². The van der Waals surface area contributed by atoms with Crippen LogP contribution in [-0.4, -0.2) is 50.8 Å². The third-order valence-electron chi connectivity index (χ3n) is 5.66. The number of likely N-dealkylation sites (tertiary alicyclic amines) is 1. The zero-order chi connectivity index (χ0) is 22.1. The first-order valence-electron chi connectivity index (χ1n) is 11.0. The van der Waals surface area contributed by atoms with Gasteiger partial charge in [-0.25, -0.2) is 0 Å². The van der Waals surface area contributed by atoms with Gasteiger partial charge >= 0.3 is 0 Å². The first kappa shape index (κ1) is 22.8. The van der Waals surface area contributed by atoms with E-state index in [0.717, 1.165) is 50.1 Å². The number of ether oxygens (including phenoxy) is 4. The van der Waals surface area contributed by atoms with Crippen LogP contribution >= 0.6 is 0 Å². The molecule has 0 saturated carbocycles. The molecule has 6 heteroatoms. The van der Waals surface area contributed by atoms with E-state index in [9.17, 15) is 4.79 Å². The fraction of sp³-hybridized carbons (Fsp3) is 0.480. The van der Waals surface area contributed by atoms with Gasteiger partial charge in [0.15, 0.2) is 29.6 Å². The van der Waals surface area contributed by atoms with E-state index in [1.807, 2.05) is 48.2 Å². The molecule has 31 heavy (non-hydrogen) atoms. The van der Waals surface area contributed by atoms with Gasteiger partial charge in [0.1, 0.15) is 0 Å². The highest BCUT2D eigenvalue weighted by molar-refractivity contribution is 5.78. The summed E-state index contributed by atoms with van der Waals surface area (Å²) in [5.74, 6) is 2.77. The number of methoxy groups -OCH3 is 2. The van der Waals surface area contributed by atoms with Gasteiger partial charge in [-0.3, -0.25) is 4.79 Å². The monoisotopic (exact) mass is 427 g/mol. The van der Waals surface area contributed by atoms with E-state index < -0.39 is 0 Å². The SMILES string of the molecule is CCOc1ccccc1OCC(=O)N1CCCCC1CCc1ccc(OC)c(OC)c1. The lowest BCUT2D eigenvalue weighted by atomic mass is 9.95. The molecule has 1 aliphatic rings. The van der Waals surface area contributed by atoms with Crippen molar-refractivity contribution in [1.82, 2.24) is 4.90 Å². The predicted octanol–water partition coefficient (Wildman–Crippen LogP) is 4.50. The molecule has 1 saturated heterocycles. The number of hydrogen-bond acceptors (Lipinski definition) is 5. The fourth-order valence-corrected chi connectivity index (χ4v) is 4.07. The molecule has 1 atom stereocenters. The van der Waals surface area contributed by atoms with Gasteiger partial charge in [-0.15, -0.1) is 0 Å². The largest absolute Gasteiger partial charge is 0.493 e. The minimum absolute atomic E-state index is 0.0247. The van der Waals surface area contributed by atoms with Crippen LogP contribution in [0.3, 0.4) is 0 Å². The Morgan fingerprint density at radius 3 is 2.42 bits per heavy atom. The fourth-order valence-electron chi connectivity index (χ4n) is 4.07. The maximum absolute atomic E-state index is 13.0. The molecular weight excluding hydrogens is 394 g/mol. The van der Waals surface area contributed by atoms with Gasteiger partial charge in [-0.2, -0.15) is 0 Å². The number of rotatable bonds is 10. The quantitative estimate of drug-likeness (QED) is 0.559. The highest BCUT2D eigenvalue weighted by Crippen LogP contribution is 2.30. The Kier molecular flexibility index (Phi) is 8.44. The van der Waals surface area contributed by atoms with E-state index in [0.29, 0.717) is 18.1 Å². The molecule has 0 N–H and O–H groups in total. The Morgan fingerprint density at radius 1 is 0.968 bits per heavy atom. The number of carbonyl (C=O) groups is 1. The van der Waals surface area contributed by atoms with E-state index in [1.165, 1.54) is 5.56 Å². The summed E-state index contributed by atoms with van der Waals surface area (Å²) in [7, 11) is 3.28. The first-order valence-corrected chi connectivity index (χ1v) is 11.0. The zero-order valence-electron chi connectivity index (χ0n) is 18.8. The minimum Gasteiger partial charge on any atom is -0.493 e. The van der Waals surface area contributed by atoms with Crippen molar-refractivity contribution in [3.05, 3.63) is 48.0 Å². The maximum Gasteiger partial charge on any atom is 0.260 e. The van der Waals surface area contributed by atoms with E-state index in [1.54, 1.807) is 14.2 Å². The molecule has 2 aromatic rings. The van der Waals surface area contributed by atoms with E-state index in [-0.39, 0.29) is 18.6 Å². The second kappa shape index (κ2) is 11.5. The summed E-state index contributed by atoms with van der Waals surface area (Å²) in [5.41, 5.74) is 1.18. The summed E-state index contributed by atoms with van der Waals surface area (Å²) in [6, 6.07) is 13.7.